The molecule has 0 atom stereocenters. The third-order valence-electron chi connectivity index (χ3n) is 4.28. The Balaban J connectivity index is 2.05. The Morgan fingerprint density at radius 1 is 1.17 bits per heavy atom. The number of rotatable bonds is 11. The zero-order chi connectivity index (χ0) is 21.9. The second-order valence-electron chi connectivity index (χ2n) is 6.89. The number of benzene rings is 1. The van der Waals surface area contributed by atoms with E-state index in [4.69, 9.17) is 21.1 Å². The maximum atomic E-state index is 12.1. The Morgan fingerprint density at radius 3 is 2.60 bits per heavy atom. The lowest BCUT2D eigenvalue weighted by Gasteiger charge is -2.14. The molecule has 1 N–H and O–H groups in total. The van der Waals surface area contributed by atoms with Gasteiger partial charge < -0.3 is 14.8 Å². The summed E-state index contributed by atoms with van der Waals surface area (Å²) in [7, 11) is 0. The minimum atomic E-state index is -0.402. The molecule has 0 aliphatic carbocycles. The quantitative estimate of drug-likeness (QED) is 0.350. The molecule has 164 valence electrons. The van der Waals surface area contributed by atoms with E-state index in [9.17, 15) is 9.59 Å². The van der Waals surface area contributed by atoms with Gasteiger partial charge in [-0.3, -0.25) is 9.59 Å². The topological polar surface area (TPSA) is 77.0 Å². The molecule has 1 aliphatic heterocycles. The van der Waals surface area contributed by atoms with E-state index in [1.54, 1.807) is 18.2 Å². The fourth-order valence-electron chi connectivity index (χ4n) is 2.90. The first kappa shape index (κ1) is 24.3. The number of amides is 2. The number of nitrogens with one attached hydrogen (secondary N) is 1. The molecule has 1 heterocycles. The van der Waals surface area contributed by atoms with Gasteiger partial charge in [-0.1, -0.05) is 50.6 Å². The smallest absolute Gasteiger partial charge is 0.286 e. The van der Waals surface area contributed by atoms with Crippen molar-refractivity contribution in [2.24, 2.45) is 4.99 Å². The number of halogens is 1. The second-order valence-corrected chi connectivity index (χ2v) is 8.33. The van der Waals surface area contributed by atoms with E-state index < -0.39 is 5.91 Å². The van der Waals surface area contributed by atoms with E-state index in [1.165, 1.54) is 32.6 Å². The van der Waals surface area contributed by atoms with Gasteiger partial charge in [0.25, 0.3) is 5.91 Å². The van der Waals surface area contributed by atoms with E-state index in [1.807, 2.05) is 6.92 Å². The zero-order valence-corrected chi connectivity index (χ0v) is 19.3. The number of aliphatic imine (C=N–C) groups is 1. The predicted octanol–water partition coefficient (Wildman–Crippen LogP) is 5.58. The van der Waals surface area contributed by atoms with Crippen molar-refractivity contribution in [3.63, 3.8) is 0 Å². The molecule has 1 aromatic rings. The number of carbonyl (C=O) groups excluding carboxylic acids is 2. The molecule has 0 radical (unpaired) electrons. The van der Waals surface area contributed by atoms with Crippen molar-refractivity contribution < 1.29 is 19.1 Å². The molecule has 1 aliphatic rings. The number of hydrogen-bond donors (Lipinski definition) is 1. The molecule has 2 amide bonds. The fourth-order valence-corrected chi connectivity index (χ4v) is 4.03. The van der Waals surface area contributed by atoms with Crippen LogP contribution in [-0.2, 0) is 9.59 Å². The van der Waals surface area contributed by atoms with Gasteiger partial charge in [-0.05, 0) is 48.9 Å². The van der Waals surface area contributed by atoms with Gasteiger partial charge in [0, 0.05) is 6.92 Å². The van der Waals surface area contributed by atoms with Crippen LogP contribution < -0.4 is 14.8 Å². The molecule has 0 saturated carbocycles. The molecule has 0 aromatic heterocycles. The monoisotopic (exact) mass is 452 g/mol. The number of ether oxygens (including phenoxy) is 2. The van der Waals surface area contributed by atoms with Crippen molar-refractivity contribution in [1.82, 2.24) is 5.32 Å². The van der Waals surface area contributed by atoms with Crippen molar-refractivity contribution in [1.29, 1.82) is 0 Å². The van der Waals surface area contributed by atoms with Gasteiger partial charge in [-0.15, -0.1) is 0 Å². The van der Waals surface area contributed by atoms with Crippen molar-refractivity contribution >= 4 is 46.4 Å². The van der Waals surface area contributed by atoms with Crippen LogP contribution in [0.2, 0.25) is 5.02 Å². The molecule has 30 heavy (non-hydrogen) atoms. The Bertz CT molecular complexity index is 824. The van der Waals surface area contributed by atoms with Gasteiger partial charge in [0.2, 0.25) is 5.91 Å². The van der Waals surface area contributed by atoms with Crippen molar-refractivity contribution in [3.8, 4) is 11.5 Å². The summed E-state index contributed by atoms with van der Waals surface area (Å²) in [4.78, 5) is 27.5. The Kier molecular flexibility index (Phi) is 10.2. The lowest BCUT2D eigenvalue weighted by molar-refractivity contribution is -0.117. The van der Waals surface area contributed by atoms with Crippen LogP contribution >= 0.6 is 23.4 Å². The van der Waals surface area contributed by atoms with Crippen LogP contribution in [-0.4, -0.2) is 30.2 Å². The number of carbonyl (C=O) groups is 2. The third kappa shape index (κ3) is 7.69. The lowest BCUT2D eigenvalue weighted by Crippen LogP contribution is -2.23. The van der Waals surface area contributed by atoms with Crippen LogP contribution in [0, 0.1) is 0 Å². The van der Waals surface area contributed by atoms with Crippen LogP contribution in [0.15, 0.2) is 22.0 Å². The van der Waals surface area contributed by atoms with Crippen LogP contribution in [0.4, 0.5) is 0 Å². The van der Waals surface area contributed by atoms with Gasteiger partial charge in [-0.2, -0.15) is 4.99 Å². The first-order valence-electron chi connectivity index (χ1n) is 10.3. The molecular weight excluding hydrogens is 424 g/mol. The maximum absolute atomic E-state index is 12.1. The van der Waals surface area contributed by atoms with Gasteiger partial charge in [0.15, 0.2) is 16.7 Å². The normalized spacial score (nSPS) is 14.7. The summed E-state index contributed by atoms with van der Waals surface area (Å²) in [5.41, 5.74) is 0.700. The Labute approximate surface area is 187 Å². The van der Waals surface area contributed by atoms with Gasteiger partial charge >= 0.3 is 0 Å². The molecule has 0 unspecified atom stereocenters. The minimum Gasteiger partial charge on any atom is -0.490 e. The van der Waals surface area contributed by atoms with E-state index in [0.29, 0.717) is 40.2 Å². The van der Waals surface area contributed by atoms with E-state index in [2.05, 4.69) is 17.2 Å². The average Bonchev–Trinajstić information content (AvgIpc) is 3.01. The molecule has 2 rings (SSSR count). The summed E-state index contributed by atoms with van der Waals surface area (Å²) in [6.07, 6.45) is 8.75. The Morgan fingerprint density at radius 2 is 1.90 bits per heavy atom. The SMILES string of the molecule is CCCCCCCCOc1c(Cl)cc(/C=C2/SC(NC(C)=O)=NC2=O)cc1OCC. The molecule has 6 nitrogen and oxygen atoms in total. The van der Waals surface area contributed by atoms with Crippen molar-refractivity contribution in [2.45, 2.75) is 59.3 Å². The van der Waals surface area contributed by atoms with E-state index >= 15 is 0 Å². The summed E-state index contributed by atoms with van der Waals surface area (Å²) in [5.74, 6) is 0.390. The highest BCUT2D eigenvalue weighted by molar-refractivity contribution is 8.18. The highest BCUT2D eigenvalue weighted by Gasteiger charge is 2.23. The van der Waals surface area contributed by atoms with Crippen molar-refractivity contribution in [3.05, 3.63) is 27.6 Å². The summed E-state index contributed by atoms with van der Waals surface area (Å²) < 4.78 is 11.6. The van der Waals surface area contributed by atoms with Crippen LogP contribution in [0.25, 0.3) is 6.08 Å². The number of hydrogen-bond acceptors (Lipinski definition) is 5. The number of unbranched alkanes of at least 4 members (excludes halogenated alkanes) is 5. The van der Waals surface area contributed by atoms with Crippen molar-refractivity contribution in [2.75, 3.05) is 13.2 Å². The molecule has 0 spiro atoms. The number of nitrogens with zero attached hydrogens (tertiary/aromatic N) is 1. The summed E-state index contributed by atoms with van der Waals surface area (Å²) in [6, 6.07) is 3.53. The maximum Gasteiger partial charge on any atom is 0.286 e. The highest BCUT2D eigenvalue weighted by atomic mass is 35.5. The van der Waals surface area contributed by atoms with Crippen LogP contribution in [0.3, 0.4) is 0 Å². The zero-order valence-electron chi connectivity index (χ0n) is 17.8. The molecular formula is C22H29ClN2O4S. The molecule has 0 fully saturated rings. The van der Waals surface area contributed by atoms with Crippen LogP contribution in [0.1, 0.15) is 64.9 Å². The molecule has 0 bridgehead atoms. The summed E-state index contributed by atoms with van der Waals surface area (Å²) in [6.45, 7) is 6.51. The average molecular weight is 453 g/mol. The first-order chi connectivity index (χ1) is 14.4. The van der Waals surface area contributed by atoms with Gasteiger partial charge in [0.1, 0.15) is 0 Å². The Hall–Kier alpha value is -1.99. The van der Waals surface area contributed by atoms with Crippen LogP contribution in [0.5, 0.6) is 11.5 Å². The standard InChI is InChI=1S/C22H29ClN2O4S/c1-4-6-7-8-9-10-11-29-20-17(23)12-16(13-18(20)28-5-2)14-19-21(27)25-22(30-19)24-15(3)26/h12-14H,4-11H2,1-3H3,(H,24,25,26,27)/b19-14+. The van der Waals surface area contributed by atoms with Gasteiger partial charge in [0.05, 0.1) is 23.1 Å². The molecule has 0 saturated heterocycles. The predicted molar refractivity (Wildman–Crippen MR) is 123 cm³/mol. The lowest BCUT2D eigenvalue weighted by atomic mass is 10.1. The number of thioether (sulfide) groups is 1. The summed E-state index contributed by atoms with van der Waals surface area (Å²) in [5, 5.41) is 3.23. The number of amidine groups is 1. The third-order valence-corrected chi connectivity index (χ3v) is 5.46. The summed E-state index contributed by atoms with van der Waals surface area (Å²) >= 11 is 7.57. The second kappa shape index (κ2) is 12.6. The largest absolute Gasteiger partial charge is 0.490 e. The molecule has 1 aromatic carbocycles. The minimum absolute atomic E-state index is 0.272. The van der Waals surface area contributed by atoms with E-state index in [0.717, 1.165) is 24.6 Å². The van der Waals surface area contributed by atoms with E-state index in [-0.39, 0.29) is 11.1 Å². The van der Waals surface area contributed by atoms with Gasteiger partial charge in [-0.25, -0.2) is 0 Å². The fraction of sp³-hybridized carbons (Fsp3) is 0.500. The first-order valence-corrected chi connectivity index (χ1v) is 11.5. The molecule has 8 heteroatoms. The highest BCUT2D eigenvalue weighted by Crippen LogP contribution is 2.38.